The molecule has 0 saturated heterocycles. The second-order valence-electron chi connectivity index (χ2n) is 3.42. The molecule has 0 aliphatic rings. The fraction of sp³-hybridized carbons (Fsp3) is 0.250. The minimum absolute atomic E-state index is 0.516. The monoisotopic (exact) mass is 202 g/mol. The van der Waals surface area contributed by atoms with Crippen molar-refractivity contribution in [2.45, 2.75) is 6.92 Å². The van der Waals surface area contributed by atoms with Gasteiger partial charge in [0, 0.05) is 17.6 Å². The highest BCUT2D eigenvalue weighted by atomic mass is 16.5. The fourth-order valence-electron chi connectivity index (χ4n) is 1.50. The van der Waals surface area contributed by atoms with Crippen LogP contribution in [0.5, 0.6) is 5.75 Å². The topological polar surface area (TPSA) is 48.1 Å². The van der Waals surface area contributed by atoms with Crippen molar-refractivity contribution in [1.82, 2.24) is 4.98 Å². The molecule has 0 fully saturated rings. The molecule has 0 aliphatic heterocycles. The number of hydrogen-bond acceptors (Lipinski definition) is 3. The summed E-state index contributed by atoms with van der Waals surface area (Å²) in [6.07, 6.45) is 0. The van der Waals surface area contributed by atoms with Crippen molar-refractivity contribution in [3.8, 4) is 5.75 Å². The third-order valence-corrected chi connectivity index (χ3v) is 2.20. The Hall–Kier alpha value is -1.61. The van der Waals surface area contributed by atoms with Crippen LogP contribution in [0.4, 0.5) is 0 Å². The molecule has 2 rings (SSSR count). The molecule has 0 amide bonds. The largest absolute Gasteiger partial charge is 0.490 e. The van der Waals surface area contributed by atoms with Crippen molar-refractivity contribution >= 4 is 10.9 Å². The van der Waals surface area contributed by atoms with Crippen molar-refractivity contribution < 1.29 is 4.74 Å². The lowest BCUT2D eigenvalue weighted by molar-refractivity contribution is 0.331. The number of nitrogens with zero attached hydrogens (tertiary/aromatic N) is 1. The van der Waals surface area contributed by atoms with Crippen LogP contribution >= 0.6 is 0 Å². The first-order chi connectivity index (χ1) is 7.31. The standard InChI is InChI=1S/C12H14N2O/c1-9-5-6-10-3-2-4-11(12(10)14-9)15-8-7-13/h2-6H,7-8,13H2,1H3. The summed E-state index contributed by atoms with van der Waals surface area (Å²) in [7, 11) is 0. The van der Waals surface area contributed by atoms with E-state index in [0.29, 0.717) is 13.2 Å². The molecule has 0 atom stereocenters. The van der Waals surface area contributed by atoms with Gasteiger partial charge in [-0.25, -0.2) is 4.98 Å². The van der Waals surface area contributed by atoms with E-state index in [-0.39, 0.29) is 0 Å². The number of ether oxygens (including phenoxy) is 1. The van der Waals surface area contributed by atoms with Gasteiger partial charge in [-0.05, 0) is 19.1 Å². The Morgan fingerprint density at radius 1 is 1.27 bits per heavy atom. The maximum absolute atomic E-state index is 5.54. The average molecular weight is 202 g/mol. The van der Waals surface area contributed by atoms with E-state index in [1.165, 1.54) is 0 Å². The first-order valence-electron chi connectivity index (χ1n) is 5.00. The highest BCUT2D eigenvalue weighted by Gasteiger charge is 2.02. The highest BCUT2D eigenvalue weighted by Crippen LogP contribution is 2.23. The van der Waals surface area contributed by atoms with Gasteiger partial charge in [0.25, 0.3) is 0 Å². The van der Waals surface area contributed by atoms with Gasteiger partial charge in [0.15, 0.2) is 0 Å². The van der Waals surface area contributed by atoms with E-state index in [1.54, 1.807) is 0 Å². The summed E-state index contributed by atoms with van der Waals surface area (Å²) in [6, 6.07) is 9.95. The van der Waals surface area contributed by atoms with Crippen LogP contribution in [0.3, 0.4) is 0 Å². The van der Waals surface area contributed by atoms with Crippen LogP contribution in [0.15, 0.2) is 30.3 Å². The Morgan fingerprint density at radius 2 is 2.13 bits per heavy atom. The summed E-state index contributed by atoms with van der Waals surface area (Å²) in [4.78, 5) is 4.46. The predicted octanol–water partition coefficient (Wildman–Crippen LogP) is 1.88. The molecule has 1 aromatic carbocycles. The smallest absolute Gasteiger partial charge is 0.145 e. The number of fused-ring (bicyclic) bond motifs is 1. The van der Waals surface area contributed by atoms with Crippen LogP contribution in [0, 0.1) is 6.92 Å². The van der Waals surface area contributed by atoms with E-state index in [2.05, 4.69) is 4.98 Å². The minimum atomic E-state index is 0.516. The molecule has 0 unspecified atom stereocenters. The normalized spacial score (nSPS) is 10.5. The highest BCUT2D eigenvalue weighted by molar-refractivity contribution is 5.84. The van der Waals surface area contributed by atoms with Crippen molar-refractivity contribution in [3.05, 3.63) is 36.0 Å². The van der Waals surface area contributed by atoms with Gasteiger partial charge in [0.1, 0.15) is 17.9 Å². The number of benzene rings is 1. The average Bonchev–Trinajstić information content (AvgIpc) is 2.26. The van der Waals surface area contributed by atoms with E-state index in [9.17, 15) is 0 Å². The van der Waals surface area contributed by atoms with Crippen molar-refractivity contribution in [2.75, 3.05) is 13.2 Å². The summed E-state index contributed by atoms with van der Waals surface area (Å²) >= 11 is 0. The van der Waals surface area contributed by atoms with Crippen molar-refractivity contribution in [3.63, 3.8) is 0 Å². The van der Waals surface area contributed by atoms with Gasteiger partial charge in [-0.2, -0.15) is 0 Å². The fourth-order valence-corrected chi connectivity index (χ4v) is 1.50. The SMILES string of the molecule is Cc1ccc2cccc(OCCN)c2n1. The number of aromatic nitrogens is 1. The van der Waals surface area contributed by atoms with Gasteiger partial charge in [-0.3, -0.25) is 0 Å². The minimum Gasteiger partial charge on any atom is -0.490 e. The molecular weight excluding hydrogens is 188 g/mol. The lowest BCUT2D eigenvalue weighted by atomic mass is 10.2. The van der Waals surface area contributed by atoms with Crippen LogP contribution in [0.2, 0.25) is 0 Å². The third kappa shape index (κ3) is 2.07. The molecular formula is C12H14N2O. The second-order valence-corrected chi connectivity index (χ2v) is 3.42. The number of aryl methyl sites for hydroxylation is 1. The third-order valence-electron chi connectivity index (χ3n) is 2.20. The zero-order valence-corrected chi connectivity index (χ0v) is 8.73. The predicted molar refractivity (Wildman–Crippen MR) is 61.0 cm³/mol. The maximum atomic E-state index is 5.54. The van der Waals surface area contributed by atoms with Gasteiger partial charge in [-0.15, -0.1) is 0 Å². The molecule has 15 heavy (non-hydrogen) atoms. The molecule has 1 aromatic heterocycles. The van der Waals surface area contributed by atoms with E-state index >= 15 is 0 Å². The number of hydrogen-bond donors (Lipinski definition) is 1. The lowest BCUT2D eigenvalue weighted by Gasteiger charge is -2.07. The van der Waals surface area contributed by atoms with Gasteiger partial charge < -0.3 is 10.5 Å². The summed E-state index contributed by atoms with van der Waals surface area (Å²) in [6.45, 7) is 3.01. The van der Waals surface area contributed by atoms with E-state index in [0.717, 1.165) is 22.3 Å². The van der Waals surface area contributed by atoms with E-state index in [1.807, 2.05) is 37.3 Å². The zero-order valence-electron chi connectivity index (χ0n) is 8.73. The van der Waals surface area contributed by atoms with Crippen LogP contribution < -0.4 is 10.5 Å². The molecule has 3 nitrogen and oxygen atoms in total. The number of para-hydroxylation sites is 1. The van der Waals surface area contributed by atoms with E-state index < -0.39 is 0 Å². The Bertz CT molecular complexity index is 468. The van der Waals surface area contributed by atoms with Crippen LogP contribution in [-0.2, 0) is 0 Å². The summed E-state index contributed by atoms with van der Waals surface area (Å²) in [5.74, 6) is 0.807. The van der Waals surface area contributed by atoms with Crippen LogP contribution in [-0.4, -0.2) is 18.1 Å². The van der Waals surface area contributed by atoms with Crippen molar-refractivity contribution in [1.29, 1.82) is 0 Å². The van der Waals surface area contributed by atoms with Gasteiger partial charge in [0.05, 0.1) is 0 Å². The molecule has 0 bridgehead atoms. The molecule has 2 N–H and O–H groups in total. The molecule has 0 spiro atoms. The zero-order chi connectivity index (χ0) is 10.7. The number of nitrogens with two attached hydrogens (primary N) is 1. The number of rotatable bonds is 3. The molecule has 0 radical (unpaired) electrons. The van der Waals surface area contributed by atoms with Crippen LogP contribution in [0.25, 0.3) is 10.9 Å². The van der Waals surface area contributed by atoms with Gasteiger partial charge in [-0.1, -0.05) is 18.2 Å². The molecule has 3 heteroatoms. The summed E-state index contributed by atoms with van der Waals surface area (Å²) in [5.41, 5.74) is 7.31. The van der Waals surface area contributed by atoms with Gasteiger partial charge in [0.2, 0.25) is 0 Å². The van der Waals surface area contributed by atoms with Crippen molar-refractivity contribution in [2.24, 2.45) is 5.73 Å². The Labute approximate surface area is 88.9 Å². The second kappa shape index (κ2) is 4.28. The maximum Gasteiger partial charge on any atom is 0.145 e. The van der Waals surface area contributed by atoms with Crippen LogP contribution in [0.1, 0.15) is 5.69 Å². The molecule has 78 valence electrons. The molecule has 1 heterocycles. The lowest BCUT2D eigenvalue weighted by Crippen LogP contribution is -2.10. The molecule has 0 saturated carbocycles. The quantitative estimate of drug-likeness (QED) is 0.826. The van der Waals surface area contributed by atoms with E-state index in [4.69, 9.17) is 10.5 Å². The summed E-state index contributed by atoms with van der Waals surface area (Å²) in [5, 5.41) is 1.09. The Kier molecular flexibility index (Phi) is 2.83. The molecule has 2 aromatic rings. The Balaban J connectivity index is 2.48. The molecule has 0 aliphatic carbocycles. The first-order valence-corrected chi connectivity index (χ1v) is 5.00. The van der Waals surface area contributed by atoms with Gasteiger partial charge >= 0.3 is 0 Å². The Morgan fingerprint density at radius 3 is 2.93 bits per heavy atom. The summed E-state index contributed by atoms with van der Waals surface area (Å²) < 4.78 is 5.54. The first kappa shape index (κ1) is 9.93. The number of pyridine rings is 1.